The van der Waals surface area contributed by atoms with Gasteiger partial charge < -0.3 is 13.9 Å². The molecule has 8 rings (SSSR count). The Morgan fingerprint density at radius 3 is 2.29 bits per heavy atom. The van der Waals surface area contributed by atoms with Gasteiger partial charge in [-0.25, -0.2) is 4.98 Å². The van der Waals surface area contributed by atoms with E-state index < -0.39 is 0 Å². The first kappa shape index (κ1) is 29.9. The summed E-state index contributed by atoms with van der Waals surface area (Å²) in [6.45, 7) is 6.42. The Kier molecular flexibility index (Phi) is 7.12. The van der Waals surface area contributed by atoms with Crippen molar-refractivity contribution in [1.29, 1.82) is 5.26 Å². The van der Waals surface area contributed by atoms with Gasteiger partial charge in [0.25, 0.3) is 0 Å². The number of phenols is 1. The molecule has 0 amide bonds. The Balaban J connectivity index is 1.25. The number of benzene rings is 6. The van der Waals surface area contributed by atoms with E-state index >= 15 is 0 Å². The Morgan fingerprint density at radius 2 is 1.47 bits per heavy atom. The van der Waals surface area contributed by atoms with Crippen molar-refractivity contribution < 1.29 is 13.9 Å². The number of oxazole rings is 1. The van der Waals surface area contributed by atoms with Crippen LogP contribution in [0.1, 0.15) is 37.5 Å². The van der Waals surface area contributed by atoms with E-state index in [-0.39, 0.29) is 11.2 Å². The van der Waals surface area contributed by atoms with Gasteiger partial charge in [-0.3, -0.25) is 4.99 Å². The summed E-state index contributed by atoms with van der Waals surface area (Å²) >= 11 is 0. The third-order valence-electron chi connectivity index (χ3n) is 8.93. The van der Waals surface area contributed by atoms with E-state index in [2.05, 4.69) is 45.0 Å². The second-order valence-electron chi connectivity index (χ2n) is 13.1. The lowest BCUT2D eigenvalue weighted by atomic mass is 9.86. The predicted octanol–water partition coefficient (Wildman–Crippen LogP) is 11.4. The summed E-state index contributed by atoms with van der Waals surface area (Å²) < 4.78 is 13.0. The van der Waals surface area contributed by atoms with Gasteiger partial charge in [-0.2, -0.15) is 5.26 Å². The molecule has 0 atom stereocenters. The summed E-state index contributed by atoms with van der Waals surface area (Å²) in [5.41, 5.74) is 10.4. The van der Waals surface area contributed by atoms with Crippen LogP contribution in [0.4, 0.5) is 5.69 Å². The molecular weight excluding hydrogens is 606 g/mol. The van der Waals surface area contributed by atoms with E-state index in [1.807, 2.05) is 97.1 Å². The maximum atomic E-state index is 10.6. The number of hydrogen-bond acceptors (Lipinski definition) is 6. The molecule has 0 spiro atoms. The third kappa shape index (κ3) is 5.32. The van der Waals surface area contributed by atoms with Gasteiger partial charge in [-0.05, 0) is 76.7 Å². The van der Waals surface area contributed by atoms with Crippen LogP contribution in [0.25, 0.3) is 66.7 Å². The third-order valence-corrected chi connectivity index (χ3v) is 8.93. The lowest BCUT2D eigenvalue weighted by Gasteiger charge is -2.19. The molecule has 0 aliphatic carbocycles. The first-order valence-electron chi connectivity index (χ1n) is 16.1. The standard InChI is InChI=1S/C43H31N3O3/c1-43(2,3)29-19-22-36(47)28(23-29)25-45-35-12-6-4-9-33(35)42-46-40-31(11-8-14-38(40)49-42)32-21-20-30(27-17-15-26(24-44)16-18-27)39-34-10-5-7-13-37(34)48-41(32)39/h4-23,25,47H,1-3H3. The first-order valence-corrected chi connectivity index (χ1v) is 16.1. The van der Waals surface area contributed by atoms with Crippen molar-refractivity contribution in [2.24, 2.45) is 4.99 Å². The van der Waals surface area contributed by atoms with Gasteiger partial charge in [0.2, 0.25) is 5.89 Å². The monoisotopic (exact) mass is 637 g/mol. The van der Waals surface area contributed by atoms with Crippen molar-refractivity contribution in [3.8, 4) is 45.5 Å². The van der Waals surface area contributed by atoms with E-state index in [9.17, 15) is 10.4 Å². The highest BCUT2D eigenvalue weighted by atomic mass is 16.3. The minimum atomic E-state index is -0.0675. The van der Waals surface area contributed by atoms with Crippen LogP contribution in [0.3, 0.4) is 0 Å². The summed E-state index contributed by atoms with van der Waals surface area (Å²) in [6, 6.07) is 41.3. The van der Waals surface area contributed by atoms with E-state index in [0.29, 0.717) is 33.8 Å². The molecule has 6 heteroatoms. The maximum Gasteiger partial charge on any atom is 0.229 e. The average molecular weight is 638 g/mol. The van der Waals surface area contributed by atoms with Crippen molar-refractivity contribution >= 4 is 44.9 Å². The molecule has 6 nitrogen and oxygen atoms in total. The molecule has 2 aromatic heterocycles. The number of phenolic OH excluding ortho intramolecular Hbond substituents is 1. The topological polar surface area (TPSA) is 95.6 Å². The van der Waals surface area contributed by atoms with Crippen LogP contribution < -0.4 is 0 Å². The minimum absolute atomic E-state index is 0.0675. The van der Waals surface area contributed by atoms with Crippen molar-refractivity contribution in [2.75, 3.05) is 0 Å². The first-order chi connectivity index (χ1) is 23.8. The van der Waals surface area contributed by atoms with E-state index in [0.717, 1.165) is 55.3 Å². The van der Waals surface area contributed by atoms with Crippen LogP contribution in [-0.2, 0) is 5.41 Å². The van der Waals surface area contributed by atoms with Crippen molar-refractivity contribution in [3.63, 3.8) is 0 Å². The highest BCUT2D eigenvalue weighted by molar-refractivity contribution is 6.17. The number of para-hydroxylation sites is 3. The van der Waals surface area contributed by atoms with Gasteiger partial charge in [0, 0.05) is 33.7 Å². The molecule has 8 aromatic rings. The minimum Gasteiger partial charge on any atom is -0.507 e. The normalized spacial score (nSPS) is 12.0. The molecule has 49 heavy (non-hydrogen) atoms. The Labute approximate surface area is 283 Å². The summed E-state index contributed by atoms with van der Waals surface area (Å²) in [6.07, 6.45) is 1.69. The van der Waals surface area contributed by atoms with Gasteiger partial charge in [-0.1, -0.05) is 87.5 Å². The molecule has 6 aromatic carbocycles. The largest absolute Gasteiger partial charge is 0.507 e. The van der Waals surface area contributed by atoms with Gasteiger partial charge in [-0.15, -0.1) is 0 Å². The van der Waals surface area contributed by atoms with Crippen molar-refractivity contribution in [2.45, 2.75) is 26.2 Å². The second kappa shape index (κ2) is 11.7. The average Bonchev–Trinajstić information content (AvgIpc) is 3.73. The smallest absolute Gasteiger partial charge is 0.229 e. The number of furan rings is 1. The SMILES string of the molecule is CC(C)(C)c1ccc(O)c(C=Nc2ccccc2-c2nc3c(-c4ccc(-c5ccc(C#N)cc5)c5c4oc4ccccc45)cccc3o2)c1. The number of fused-ring (bicyclic) bond motifs is 4. The fraction of sp³-hybridized carbons (Fsp3) is 0.0930. The quantitative estimate of drug-likeness (QED) is 0.189. The van der Waals surface area contributed by atoms with Crippen LogP contribution in [0.15, 0.2) is 135 Å². The van der Waals surface area contributed by atoms with Crippen LogP contribution in [0.5, 0.6) is 5.75 Å². The summed E-state index contributed by atoms with van der Waals surface area (Å²) in [5.74, 6) is 0.612. The van der Waals surface area contributed by atoms with Crippen LogP contribution in [0, 0.1) is 11.3 Å². The number of nitriles is 1. The number of rotatable bonds is 5. The van der Waals surface area contributed by atoms with Crippen LogP contribution in [0.2, 0.25) is 0 Å². The maximum absolute atomic E-state index is 10.6. The molecule has 0 saturated carbocycles. The second-order valence-corrected chi connectivity index (χ2v) is 13.1. The Hall–Kier alpha value is -6.45. The van der Waals surface area contributed by atoms with Gasteiger partial charge >= 0.3 is 0 Å². The zero-order chi connectivity index (χ0) is 33.7. The Bertz CT molecular complexity index is 2610. The number of nitrogens with zero attached hydrogens (tertiary/aromatic N) is 3. The summed E-state index contributed by atoms with van der Waals surface area (Å²) in [7, 11) is 0. The highest BCUT2D eigenvalue weighted by Gasteiger charge is 2.21. The fourth-order valence-electron chi connectivity index (χ4n) is 6.32. The fourth-order valence-corrected chi connectivity index (χ4v) is 6.32. The van der Waals surface area contributed by atoms with Gasteiger partial charge in [0.15, 0.2) is 5.58 Å². The molecule has 1 N–H and O–H groups in total. The predicted molar refractivity (Wildman–Crippen MR) is 196 cm³/mol. The Morgan fingerprint density at radius 1 is 0.735 bits per heavy atom. The molecular formula is C43H31N3O3. The van der Waals surface area contributed by atoms with E-state index in [1.54, 1.807) is 12.3 Å². The zero-order valence-electron chi connectivity index (χ0n) is 27.2. The number of hydrogen-bond donors (Lipinski definition) is 1. The lowest BCUT2D eigenvalue weighted by Crippen LogP contribution is -2.11. The highest BCUT2D eigenvalue weighted by Crippen LogP contribution is 2.44. The number of aliphatic imine (C=N–C) groups is 1. The van der Waals surface area contributed by atoms with E-state index in [4.69, 9.17) is 18.8 Å². The number of aromatic hydroxyl groups is 1. The molecule has 0 fully saturated rings. The molecule has 0 radical (unpaired) electrons. The summed E-state index contributed by atoms with van der Waals surface area (Å²) in [4.78, 5) is 9.82. The lowest BCUT2D eigenvalue weighted by molar-refractivity contribution is 0.473. The molecule has 236 valence electrons. The molecule has 0 bridgehead atoms. The molecule has 0 unspecified atom stereocenters. The number of aromatic nitrogens is 1. The van der Waals surface area contributed by atoms with Crippen LogP contribution >= 0.6 is 0 Å². The molecule has 0 saturated heterocycles. The molecule has 0 aliphatic rings. The van der Waals surface area contributed by atoms with Crippen molar-refractivity contribution in [1.82, 2.24) is 4.98 Å². The van der Waals surface area contributed by atoms with Gasteiger partial charge in [0.05, 0.1) is 22.9 Å². The van der Waals surface area contributed by atoms with Crippen molar-refractivity contribution in [3.05, 3.63) is 138 Å². The molecule has 2 heterocycles. The van der Waals surface area contributed by atoms with E-state index in [1.165, 1.54) is 0 Å². The molecule has 0 aliphatic heterocycles. The zero-order valence-corrected chi connectivity index (χ0v) is 27.2. The van der Waals surface area contributed by atoms with Gasteiger partial charge in [0.1, 0.15) is 22.4 Å². The van der Waals surface area contributed by atoms with Crippen LogP contribution in [-0.4, -0.2) is 16.3 Å². The summed E-state index contributed by atoms with van der Waals surface area (Å²) in [5, 5.41) is 21.9.